The number of hydrogen-bond donors (Lipinski definition) is 0. The Morgan fingerprint density at radius 1 is 0.485 bits per heavy atom. The second kappa shape index (κ2) is 26.9. The van der Waals surface area contributed by atoms with E-state index in [9.17, 15) is 18.8 Å². The van der Waals surface area contributed by atoms with Gasteiger partial charge in [-0.05, 0) is 106 Å². The Morgan fingerprint density at radius 2 is 0.990 bits per heavy atom. The van der Waals surface area contributed by atoms with E-state index in [1.165, 1.54) is 36.9 Å². The van der Waals surface area contributed by atoms with Crippen LogP contribution in [0.3, 0.4) is 0 Å². The minimum Gasteiger partial charge on any atom is -0.367 e. The van der Waals surface area contributed by atoms with Crippen LogP contribution in [0, 0.1) is 30.2 Å². The molecule has 0 N–H and O–H groups in total. The molecule has 0 spiro atoms. The second-order valence-corrected chi connectivity index (χ2v) is 25.9. The van der Waals surface area contributed by atoms with Crippen LogP contribution in [0.2, 0.25) is 0 Å². The van der Waals surface area contributed by atoms with Crippen molar-refractivity contribution in [3.05, 3.63) is 225 Å². The lowest BCUT2D eigenvalue weighted by atomic mass is 9.94. The van der Waals surface area contributed by atoms with Gasteiger partial charge in [-0.1, -0.05) is 136 Å². The van der Waals surface area contributed by atoms with Gasteiger partial charge in [0.1, 0.15) is 63.7 Å². The number of likely N-dealkylation sites (tertiary alicyclic amines) is 2. The molecule has 506 valence electrons. The molecule has 21 heteroatoms. The molecule has 11 heterocycles. The number of benzene rings is 6. The molecule has 0 saturated carbocycles. The number of amides is 3. The van der Waals surface area contributed by atoms with Gasteiger partial charge in [-0.3, -0.25) is 34.3 Å². The van der Waals surface area contributed by atoms with Crippen LogP contribution in [0.1, 0.15) is 43.4 Å². The zero-order chi connectivity index (χ0) is 69.9. The van der Waals surface area contributed by atoms with Gasteiger partial charge in [-0.25, -0.2) is 37.5 Å². The van der Waals surface area contributed by atoms with Gasteiger partial charge in [0, 0.05) is 105 Å². The summed E-state index contributed by atoms with van der Waals surface area (Å²) in [6.45, 7) is 21.9. The van der Waals surface area contributed by atoms with Gasteiger partial charge in [0.15, 0.2) is 17.5 Å². The van der Waals surface area contributed by atoms with E-state index in [0.717, 1.165) is 74.1 Å². The topological polar surface area (TPSA) is 174 Å². The van der Waals surface area contributed by atoms with Crippen LogP contribution in [0.5, 0.6) is 0 Å². The third-order valence-electron chi connectivity index (χ3n) is 20.7. The number of anilines is 3. The summed E-state index contributed by atoms with van der Waals surface area (Å²) in [4.78, 5) is 83.4. The molecule has 17 rings (SSSR count). The molecule has 5 aliphatic rings. The smallest absolute Gasteiger partial charge is 0.246 e. The van der Waals surface area contributed by atoms with E-state index < -0.39 is 17.5 Å². The van der Waals surface area contributed by atoms with E-state index in [0.29, 0.717) is 120 Å². The monoisotopic (exact) mass is 1350 g/mol. The maximum atomic E-state index is 15.9. The number of pyridine rings is 4. The molecular weight excluding hydrogens is 1280 g/mol. The Morgan fingerprint density at radius 3 is 1.54 bits per heavy atom. The minimum absolute atomic E-state index is 0.0430. The molecule has 3 amide bonds. The number of aryl methyl sites for hydroxylation is 3. The third-order valence-corrected chi connectivity index (χ3v) is 20.7. The standard InChI is InChI=1S/C27H23F2N5O.C27H24FN5O.C26H23FN4O/c1-3-16-19(28)9-8-15-6-5-7-17(23(15)16)25-24(29)26-18(12-30-25)27(32-14-31-26)34-13-21-20(34)10-11-33(21)22(35)4-2;1-3-16-7-5-8-17-9-6-10-18(23(16)17)25-24(28)26-19(13-29-25)27(31-15-30-26)33-14-21-20(33)11-12-32(21)22(34)4-2;1-3-23(32)31-13-11-30(12-14-31)22-9-10-28-26-21(22)16-29-25(24(26)27)20-6-4-5-18-15-17(2)7-8-19(18)20/h4-9,12,14,20-21H,2-3,10-11,13H2,1H3;4-10,13,15,20-21H,2-3,11-12,14H2,1H3;3-10,15-16H,1,11-14H2,2H3/t2*20-,21-;/m11./s1. The zero-order valence-corrected chi connectivity index (χ0v) is 56.0. The molecule has 101 heavy (non-hydrogen) atoms. The van der Waals surface area contributed by atoms with Gasteiger partial charge >= 0.3 is 0 Å². The summed E-state index contributed by atoms with van der Waals surface area (Å²) in [5.41, 5.74) is 7.28. The molecule has 6 aromatic heterocycles. The first-order chi connectivity index (χ1) is 49.2. The summed E-state index contributed by atoms with van der Waals surface area (Å²) in [5.74, 6) is -0.623. The molecule has 4 atom stereocenters. The van der Waals surface area contributed by atoms with Crippen LogP contribution in [0.15, 0.2) is 185 Å². The van der Waals surface area contributed by atoms with Crippen molar-refractivity contribution in [1.29, 1.82) is 0 Å². The lowest BCUT2D eigenvalue weighted by molar-refractivity contribution is -0.128. The number of fused-ring (bicyclic) bond motifs is 8. The van der Waals surface area contributed by atoms with Crippen LogP contribution in [-0.2, 0) is 27.2 Å². The SMILES string of the molecule is C=CC(=O)N1CCN(c2ccnc3c(F)c(-c4cccc5cc(C)ccc45)ncc23)CC1.C=CC(=O)N1CC[C@@H]2[C@H]1CN2c1ncnc2c(F)c(-c3cccc4ccc(F)c(CC)c34)ncc12.C=CC(=O)N1CC[C@@H]2[C@H]1CN2c1ncnc2c(F)c(-c3cccc4cccc(CC)c34)ncc12. The van der Waals surface area contributed by atoms with E-state index >= 15 is 13.2 Å². The maximum absolute atomic E-state index is 15.9. The molecule has 0 radical (unpaired) electrons. The van der Waals surface area contributed by atoms with Gasteiger partial charge in [0.2, 0.25) is 17.7 Å². The number of carbonyl (C=O) groups excluding carboxylic acids is 3. The first-order valence-electron chi connectivity index (χ1n) is 34.0. The largest absolute Gasteiger partial charge is 0.367 e. The molecule has 5 fully saturated rings. The minimum atomic E-state index is -0.558. The molecular formula is C80H70F4N14O3. The fourth-order valence-electron chi connectivity index (χ4n) is 15.6. The van der Waals surface area contributed by atoms with Gasteiger partial charge in [-0.15, -0.1) is 0 Å². The predicted octanol–water partition coefficient (Wildman–Crippen LogP) is 13.9. The van der Waals surface area contributed by atoms with Crippen LogP contribution >= 0.6 is 0 Å². The molecule has 17 nitrogen and oxygen atoms in total. The van der Waals surface area contributed by atoms with E-state index in [2.05, 4.69) is 93.4 Å². The number of halogens is 4. The van der Waals surface area contributed by atoms with Crippen LogP contribution in [0.4, 0.5) is 34.9 Å². The fraction of sp³-hybridized carbons (Fsp3) is 0.237. The highest BCUT2D eigenvalue weighted by Crippen LogP contribution is 2.44. The summed E-state index contributed by atoms with van der Waals surface area (Å²) >= 11 is 0. The summed E-state index contributed by atoms with van der Waals surface area (Å²) < 4.78 is 62.2. The van der Waals surface area contributed by atoms with Crippen molar-refractivity contribution >= 4 is 100 Å². The zero-order valence-electron chi connectivity index (χ0n) is 56.0. The number of rotatable bonds is 11. The summed E-state index contributed by atoms with van der Waals surface area (Å²) in [6.07, 6.45) is 16.4. The molecule has 6 aromatic carbocycles. The number of carbonyl (C=O) groups is 3. The van der Waals surface area contributed by atoms with Gasteiger partial charge < -0.3 is 29.4 Å². The fourth-order valence-corrected chi connectivity index (χ4v) is 15.6. The Kier molecular flexibility index (Phi) is 17.4. The van der Waals surface area contributed by atoms with Crippen LogP contribution < -0.4 is 14.7 Å². The first kappa shape index (κ1) is 65.3. The van der Waals surface area contributed by atoms with Crippen LogP contribution in [0.25, 0.3) is 98.8 Å². The van der Waals surface area contributed by atoms with Crippen molar-refractivity contribution < 1.29 is 31.9 Å². The number of piperazine rings is 1. The van der Waals surface area contributed by atoms with Crippen molar-refractivity contribution in [2.75, 3.05) is 67.1 Å². The van der Waals surface area contributed by atoms with E-state index in [1.54, 1.807) is 41.8 Å². The summed E-state index contributed by atoms with van der Waals surface area (Å²) in [7, 11) is 0. The number of nitrogens with zero attached hydrogens (tertiary/aromatic N) is 14. The average molecular weight is 1350 g/mol. The number of aromatic nitrogens is 8. The molecule has 5 saturated heterocycles. The quantitative estimate of drug-likeness (QED) is 0.0884. The lowest BCUT2D eigenvalue weighted by Crippen LogP contribution is -2.63. The lowest BCUT2D eigenvalue weighted by Gasteiger charge is -2.47. The predicted molar refractivity (Wildman–Crippen MR) is 388 cm³/mol. The molecule has 0 unspecified atom stereocenters. The molecule has 0 bridgehead atoms. The third kappa shape index (κ3) is 11.3. The summed E-state index contributed by atoms with van der Waals surface area (Å²) in [5, 5.41) is 7.38. The van der Waals surface area contributed by atoms with Crippen molar-refractivity contribution in [1.82, 2.24) is 54.6 Å². The number of hydrogen-bond acceptors (Lipinski definition) is 14. The summed E-state index contributed by atoms with van der Waals surface area (Å²) in [6, 6.07) is 35.0. The maximum Gasteiger partial charge on any atom is 0.246 e. The van der Waals surface area contributed by atoms with Gasteiger partial charge in [0.05, 0.1) is 34.9 Å². The van der Waals surface area contributed by atoms with E-state index in [1.807, 2.05) is 103 Å². The highest BCUT2D eigenvalue weighted by molar-refractivity contribution is 6.04. The van der Waals surface area contributed by atoms with Crippen molar-refractivity contribution in [2.24, 2.45) is 0 Å². The molecule has 5 aliphatic heterocycles. The van der Waals surface area contributed by atoms with Crippen molar-refractivity contribution in [3.8, 4) is 33.8 Å². The second-order valence-electron chi connectivity index (χ2n) is 25.9. The Bertz CT molecular complexity index is 5390. The van der Waals surface area contributed by atoms with E-state index in [-0.39, 0.29) is 64.4 Å². The normalized spacial score (nSPS) is 17.7. The highest BCUT2D eigenvalue weighted by atomic mass is 19.1. The molecule has 12 aromatic rings. The Balaban J connectivity index is 0.000000123. The Hall–Kier alpha value is -11.6. The molecule has 0 aliphatic carbocycles. The average Bonchev–Trinajstić information content (AvgIpc) is 1.71. The van der Waals surface area contributed by atoms with Gasteiger partial charge in [0.25, 0.3) is 0 Å². The Labute approximate surface area is 579 Å². The van der Waals surface area contributed by atoms with Crippen molar-refractivity contribution in [3.63, 3.8) is 0 Å². The highest BCUT2D eigenvalue weighted by Gasteiger charge is 2.50. The van der Waals surface area contributed by atoms with Crippen LogP contribution in [-0.4, -0.2) is 149 Å². The first-order valence-corrected chi connectivity index (χ1v) is 34.0. The van der Waals surface area contributed by atoms with Crippen molar-refractivity contribution in [2.45, 2.75) is 70.6 Å². The van der Waals surface area contributed by atoms with Gasteiger partial charge in [-0.2, -0.15) is 0 Å². The van der Waals surface area contributed by atoms with E-state index in [4.69, 9.17) is 0 Å².